The van der Waals surface area contributed by atoms with Crippen molar-refractivity contribution in [1.29, 1.82) is 0 Å². The summed E-state index contributed by atoms with van der Waals surface area (Å²) in [6, 6.07) is 4.45. The van der Waals surface area contributed by atoms with Gasteiger partial charge in [-0.05, 0) is 30.5 Å². The molecule has 1 aromatic carbocycles. The Hall–Kier alpha value is -1.12. The minimum absolute atomic E-state index is 0.122. The normalized spacial score (nSPS) is 12.9. The molecule has 4 nitrogen and oxygen atoms in total. The van der Waals surface area contributed by atoms with E-state index in [9.17, 15) is 21.6 Å². The Balaban J connectivity index is 3.29. The zero-order valence-electron chi connectivity index (χ0n) is 11.9. The van der Waals surface area contributed by atoms with Crippen LogP contribution in [0.4, 0.5) is 13.2 Å². The van der Waals surface area contributed by atoms with Gasteiger partial charge in [0.15, 0.2) is 0 Å². The maximum absolute atomic E-state index is 12.6. The van der Waals surface area contributed by atoms with Crippen LogP contribution in [0.1, 0.15) is 24.5 Å². The van der Waals surface area contributed by atoms with E-state index in [1.807, 2.05) is 0 Å². The average Bonchev–Trinajstić information content (AvgIpc) is 2.36. The average molecular weight is 324 g/mol. The molecule has 120 valence electrons. The lowest BCUT2D eigenvalue weighted by Gasteiger charge is -2.24. The minimum atomic E-state index is -4.58. The van der Waals surface area contributed by atoms with Crippen molar-refractivity contribution in [2.24, 2.45) is 5.73 Å². The van der Waals surface area contributed by atoms with Crippen LogP contribution in [-0.2, 0) is 16.6 Å². The highest BCUT2D eigenvalue weighted by Crippen LogP contribution is 2.26. The van der Waals surface area contributed by atoms with E-state index in [2.05, 4.69) is 0 Å². The molecule has 0 aliphatic carbocycles. The Morgan fingerprint density at radius 1 is 1.29 bits per heavy atom. The van der Waals surface area contributed by atoms with Crippen LogP contribution in [0.2, 0.25) is 0 Å². The number of halogens is 3. The van der Waals surface area contributed by atoms with Crippen LogP contribution >= 0.6 is 0 Å². The molecule has 0 aliphatic heterocycles. The zero-order chi connectivity index (χ0) is 16.3. The van der Waals surface area contributed by atoms with Gasteiger partial charge in [-0.2, -0.15) is 17.5 Å². The molecule has 0 saturated heterocycles. The molecule has 21 heavy (non-hydrogen) atoms. The molecule has 0 heterocycles. The Labute approximate surface area is 122 Å². The topological polar surface area (TPSA) is 63.4 Å². The van der Waals surface area contributed by atoms with Crippen LogP contribution < -0.4 is 5.73 Å². The highest BCUT2D eigenvalue weighted by Gasteiger charge is 2.37. The van der Waals surface area contributed by atoms with Crippen LogP contribution in [0.3, 0.4) is 0 Å². The molecule has 0 radical (unpaired) electrons. The number of hydrogen-bond donors (Lipinski definition) is 1. The molecule has 0 saturated carbocycles. The molecule has 1 rings (SSSR count). The zero-order valence-corrected chi connectivity index (χ0v) is 12.8. The van der Waals surface area contributed by atoms with Gasteiger partial charge in [0.1, 0.15) is 6.54 Å². The quantitative estimate of drug-likeness (QED) is 0.874. The third-order valence-corrected chi connectivity index (χ3v) is 5.05. The molecule has 0 unspecified atom stereocenters. The van der Waals surface area contributed by atoms with Crippen LogP contribution in [-0.4, -0.2) is 32.0 Å². The molecular formula is C13H19F3N2O2S. The van der Waals surface area contributed by atoms with Crippen LogP contribution in [0.15, 0.2) is 23.1 Å². The van der Waals surface area contributed by atoms with E-state index in [1.54, 1.807) is 19.9 Å². The van der Waals surface area contributed by atoms with Crippen molar-refractivity contribution in [3.63, 3.8) is 0 Å². The van der Waals surface area contributed by atoms with E-state index in [0.29, 0.717) is 21.9 Å². The van der Waals surface area contributed by atoms with Gasteiger partial charge in [-0.3, -0.25) is 0 Å². The summed E-state index contributed by atoms with van der Waals surface area (Å²) < 4.78 is 63.2. The number of alkyl halides is 3. The second kappa shape index (κ2) is 6.76. The minimum Gasteiger partial charge on any atom is -0.326 e. The molecule has 0 bridgehead atoms. The van der Waals surface area contributed by atoms with E-state index in [-0.39, 0.29) is 18.0 Å². The van der Waals surface area contributed by atoms with Crippen molar-refractivity contribution in [3.8, 4) is 0 Å². The molecule has 1 aromatic rings. The van der Waals surface area contributed by atoms with Gasteiger partial charge < -0.3 is 5.73 Å². The van der Waals surface area contributed by atoms with Gasteiger partial charge in [-0.25, -0.2) is 8.42 Å². The summed E-state index contributed by atoms with van der Waals surface area (Å²) >= 11 is 0. The summed E-state index contributed by atoms with van der Waals surface area (Å²) in [5, 5.41) is 0. The monoisotopic (exact) mass is 324 g/mol. The van der Waals surface area contributed by atoms with E-state index in [1.165, 1.54) is 12.1 Å². The maximum atomic E-state index is 12.6. The van der Waals surface area contributed by atoms with Gasteiger partial charge in [0.2, 0.25) is 10.0 Å². The molecule has 2 N–H and O–H groups in total. The Bertz CT molecular complexity index is 586. The maximum Gasteiger partial charge on any atom is 0.402 e. The lowest BCUT2D eigenvalue weighted by molar-refractivity contribution is -0.136. The number of nitrogens with zero attached hydrogens (tertiary/aromatic N) is 1. The lowest BCUT2D eigenvalue weighted by atomic mass is 10.1. The van der Waals surface area contributed by atoms with Crippen LogP contribution in [0.5, 0.6) is 0 Å². The first-order chi connectivity index (χ1) is 9.63. The molecule has 8 heteroatoms. The molecular weight excluding hydrogens is 305 g/mol. The van der Waals surface area contributed by atoms with Gasteiger partial charge in [0.25, 0.3) is 0 Å². The van der Waals surface area contributed by atoms with E-state index in [4.69, 9.17) is 5.73 Å². The van der Waals surface area contributed by atoms with Crippen molar-refractivity contribution in [3.05, 3.63) is 29.3 Å². The van der Waals surface area contributed by atoms with Crippen molar-refractivity contribution in [1.82, 2.24) is 4.31 Å². The Kier molecular flexibility index (Phi) is 5.77. The van der Waals surface area contributed by atoms with Gasteiger partial charge in [-0.1, -0.05) is 19.1 Å². The van der Waals surface area contributed by atoms with Crippen LogP contribution in [0, 0.1) is 6.92 Å². The predicted octanol–water partition coefficient (Wildman–Crippen LogP) is 2.42. The summed E-state index contributed by atoms with van der Waals surface area (Å²) in [7, 11) is -4.20. The summed E-state index contributed by atoms with van der Waals surface area (Å²) in [6.07, 6.45) is -4.29. The highest BCUT2D eigenvalue weighted by atomic mass is 32.2. The lowest BCUT2D eigenvalue weighted by Crippen LogP contribution is -2.39. The van der Waals surface area contributed by atoms with E-state index in [0.717, 1.165) is 0 Å². The first-order valence-corrected chi connectivity index (χ1v) is 7.93. The third kappa shape index (κ3) is 4.42. The molecule has 0 aliphatic rings. The first-order valence-electron chi connectivity index (χ1n) is 6.49. The number of nitrogens with two attached hydrogens (primary N) is 1. The van der Waals surface area contributed by atoms with Gasteiger partial charge in [-0.15, -0.1) is 0 Å². The van der Waals surface area contributed by atoms with Gasteiger partial charge >= 0.3 is 6.18 Å². The summed E-state index contributed by atoms with van der Waals surface area (Å²) in [5.41, 5.74) is 6.50. The first kappa shape index (κ1) is 17.9. The van der Waals surface area contributed by atoms with Gasteiger partial charge in [0.05, 0.1) is 4.90 Å². The SMILES string of the molecule is CCCN(CC(F)(F)F)S(=O)(=O)c1cccc(CN)c1C. The van der Waals surface area contributed by atoms with Crippen molar-refractivity contribution in [2.75, 3.05) is 13.1 Å². The Morgan fingerprint density at radius 3 is 2.38 bits per heavy atom. The molecule has 0 spiro atoms. The van der Waals surface area contributed by atoms with Gasteiger partial charge in [0, 0.05) is 13.1 Å². The standard InChI is InChI=1S/C13H19F3N2O2S/c1-3-7-18(9-13(14,15)16)21(19,20)12-6-4-5-11(8-17)10(12)2/h4-6H,3,7-9,17H2,1-2H3. The highest BCUT2D eigenvalue weighted by molar-refractivity contribution is 7.89. The third-order valence-electron chi connectivity index (χ3n) is 3.06. The molecule has 0 amide bonds. The van der Waals surface area contributed by atoms with Crippen molar-refractivity contribution < 1.29 is 21.6 Å². The second-order valence-electron chi connectivity index (χ2n) is 4.70. The fourth-order valence-electron chi connectivity index (χ4n) is 2.03. The number of rotatable bonds is 6. The smallest absolute Gasteiger partial charge is 0.326 e. The molecule has 0 aromatic heterocycles. The number of sulfonamides is 1. The molecule has 0 fully saturated rings. The predicted molar refractivity (Wildman–Crippen MR) is 74.2 cm³/mol. The van der Waals surface area contributed by atoms with Crippen LogP contribution in [0.25, 0.3) is 0 Å². The molecule has 0 atom stereocenters. The second-order valence-corrected chi connectivity index (χ2v) is 6.60. The fourth-order valence-corrected chi connectivity index (χ4v) is 3.82. The largest absolute Gasteiger partial charge is 0.402 e. The number of benzene rings is 1. The van der Waals surface area contributed by atoms with E-state index >= 15 is 0 Å². The van der Waals surface area contributed by atoms with Crippen molar-refractivity contribution >= 4 is 10.0 Å². The summed E-state index contributed by atoms with van der Waals surface area (Å²) in [4.78, 5) is -0.122. The Morgan fingerprint density at radius 2 is 1.90 bits per heavy atom. The fraction of sp³-hybridized carbons (Fsp3) is 0.538. The van der Waals surface area contributed by atoms with E-state index < -0.39 is 22.7 Å². The summed E-state index contributed by atoms with van der Waals surface area (Å²) in [6.45, 7) is 1.63. The number of hydrogen-bond acceptors (Lipinski definition) is 3. The summed E-state index contributed by atoms with van der Waals surface area (Å²) in [5.74, 6) is 0. The van der Waals surface area contributed by atoms with Crippen molar-refractivity contribution in [2.45, 2.75) is 37.9 Å².